The Hall–Kier alpha value is -0.810. The molecule has 1 aromatic carbocycles. The largest absolute Gasteiger partial charge is 0.387 e. The lowest BCUT2D eigenvalue weighted by Gasteiger charge is -2.46. The molecule has 0 amide bonds. The molecule has 9 heteroatoms. The zero-order valence-electron chi connectivity index (χ0n) is 17.9. The number of aliphatic hydroxyl groups is 2. The summed E-state index contributed by atoms with van der Waals surface area (Å²) in [5.41, 5.74) is 8.34. The van der Waals surface area contributed by atoms with Crippen LogP contribution in [-0.2, 0) is 15.9 Å². The Balaban J connectivity index is 1.40. The Bertz CT molecular complexity index is 801. The second-order valence-corrected chi connectivity index (χ2v) is 9.53. The van der Waals surface area contributed by atoms with Crippen molar-refractivity contribution in [1.29, 1.82) is 0 Å². The summed E-state index contributed by atoms with van der Waals surface area (Å²) in [4.78, 5) is 4.56. The zero-order chi connectivity index (χ0) is 21.7. The van der Waals surface area contributed by atoms with Gasteiger partial charge in [0.1, 0.15) is 30.6 Å². The number of nitrogens with one attached hydrogen (secondary N) is 1. The topological polar surface area (TPSA) is 103 Å². The molecule has 0 radical (unpaired) electrons. The number of halogens is 1. The van der Waals surface area contributed by atoms with E-state index in [0.29, 0.717) is 18.3 Å². The molecule has 8 atom stereocenters. The van der Waals surface area contributed by atoms with Gasteiger partial charge < -0.3 is 25.4 Å². The van der Waals surface area contributed by atoms with Crippen molar-refractivity contribution in [2.75, 3.05) is 26.4 Å². The third-order valence-corrected chi connectivity index (χ3v) is 7.69. The molecule has 4 aliphatic heterocycles. The first kappa shape index (κ1) is 22.0. The van der Waals surface area contributed by atoms with E-state index in [2.05, 4.69) is 22.0 Å². The molecule has 3 saturated heterocycles. The van der Waals surface area contributed by atoms with E-state index < -0.39 is 30.6 Å². The lowest BCUT2D eigenvalue weighted by Crippen LogP contribution is -2.65. The standard InChI is InChI=1S/C22H33ClN4O4/c1-2-8-26-11-25-20(24)14-6-9-27(21(14)26)22-17(29)16(28)19(31-22)18-13-4-3-5-15(23)12(13)7-10-30-18/h3-5,14,16-22,25,28-29H,2,6-11,24H2,1H3/t14?,16-,17+,18+,19-,20?,21?,22?/m0/s1. The molecule has 1 aromatic rings. The number of nitrogens with two attached hydrogens (primary N) is 1. The molecule has 4 aliphatic rings. The van der Waals surface area contributed by atoms with E-state index in [1.807, 2.05) is 18.2 Å². The van der Waals surface area contributed by atoms with E-state index >= 15 is 0 Å². The first-order valence-corrected chi connectivity index (χ1v) is 11.8. The van der Waals surface area contributed by atoms with E-state index in [9.17, 15) is 10.2 Å². The average Bonchev–Trinajstić information content (AvgIpc) is 3.33. The predicted molar refractivity (Wildman–Crippen MR) is 116 cm³/mol. The molecule has 5 N–H and O–H groups in total. The summed E-state index contributed by atoms with van der Waals surface area (Å²) in [6, 6.07) is 5.74. The van der Waals surface area contributed by atoms with E-state index in [4.69, 9.17) is 26.8 Å². The highest BCUT2D eigenvalue weighted by Gasteiger charge is 2.55. The maximum absolute atomic E-state index is 11.0. The van der Waals surface area contributed by atoms with Crippen LogP contribution in [0.5, 0.6) is 0 Å². The van der Waals surface area contributed by atoms with Crippen LogP contribution in [0.3, 0.4) is 0 Å². The second kappa shape index (κ2) is 8.85. The summed E-state index contributed by atoms with van der Waals surface area (Å²) < 4.78 is 12.4. The van der Waals surface area contributed by atoms with Gasteiger partial charge in [-0.2, -0.15) is 0 Å². The Kier molecular flexibility index (Phi) is 6.28. The third-order valence-electron chi connectivity index (χ3n) is 7.33. The van der Waals surface area contributed by atoms with Crippen molar-refractivity contribution in [1.82, 2.24) is 15.1 Å². The Morgan fingerprint density at radius 3 is 2.94 bits per heavy atom. The number of hydrogen-bond acceptors (Lipinski definition) is 8. The monoisotopic (exact) mass is 452 g/mol. The van der Waals surface area contributed by atoms with Gasteiger partial charge in [0.05, 0.1) is 25.6 Å². The highest BCUT2D eigenvalue weighted by molar-refractivity contribution is 6.31. The van der Waals surface area contributed by atoms with E-state index in [1.165, 1.54) is 0 Å². The van der Waals surface area contributed by atoms with Crippen LogP contribution < -0.4 is 11.1 Å². The minimum Gasteiger partial charge on any atom is -0.387 e. The van der Waals surface area contributed by atoms with Crippen LogP contribution >= 0.6 is 11.6 Å². The number of aliphatic hydroxyl groups excluding tert-OH is 2. The zero-order valence-corrected chi connectivity index (χ0v) is 18.6. The number of hydrogen-bond donors (Lipinski definition) is 4. The van der Waals surface area contributed by atoms with Crippen molar-refractivity contribution in [2.24, 2.45) is 11.7 Å². The maximum Gasteiger partial charge on any atom is 0.141 e. The molecule has 3 fully saturated rings. The number of fused-ring (bicyclic) bond motifs is 2. The number of likely N-dealkylation sites (tertiary alicyclic amines) is 1. The highest BCUT2D eigenvalue weighted by Crippen LogP contribution is 2.42. The number of rotatable bonds is 4. The van der Waals surface area contributed by atoms with Crippen LogP contribution in [-0.4, -0.2) is 83.2 Å². The van der Waals surface area contributed by atoms with Gasteiger partial charge in [-0.15, -0.1) is 0 Å². The molecule has 0 spiro atoms. The molecular weight excluding hydrogens is 420 g/mol. The predicted octanol–water partition coefficient (Wildman–Crippen LogP) is 0.606. The summed E-state index contributed by atoms with van der Waals surface area (Å²) in [6.45, 7) is 5.07. The van der Waals surface area contributed by atoms with Gasteiger partial charge in [0.15, 0.2) is 0 Å². The van der Waals surface area contributed by atoms with Gasteiger partial charge in [0, 0.05) is 24.0 Å². The fourth-order valence-electron chi connectivity index (χ4n) is 5.88. The van der Waals surface area contributed by atoms with Gasteiger partial charge in [-0.1, -0.05) is 30.7 Å². The molecule has 5 rings (SSSR count). The summed E-state index contributed by atoms with van der Waals surface area (Å²) in [5, 5.41) is 26.1. The average molecular weight is 453 g/mol. The molecule has 172 valence electrons. The first-order valence-electron chi connectivity index (χ1n) is 11.4. The molecule has 4 unspecified atom stereocenters. The number of ether oxygens (including phenoxy) is 2. The minimum absolute atomic E-state index is 0.0794. The van der Waals surface area contributed by atoms with Crippen LogP contribution in [0.15, 0.2) is 18.2 Å². The van der Waals surface area contributed by atoms with Crippen molar-refractivity contribution in [3.63, 3.8) is 0 Å². The smallest absolute Gasteiger partial charge is 0.141 e. The fraction of sp³-hybridized carbons (Fsp3) is 0.727. The fourth-order valence-corrected chi connectivity index (χ4v) is 6.16. The minimum atomic E-state index is -1.05. The summed E-state index contributed by atoms with van der Waals surface area (Å²) in [5.74, 6) is 0.248. The van der Waals surface area contributed by atoms with Crippen molar-refractivity contribution < 1.29 is 19.7 Å². The molecule has 4 heterocycles. The van der Waals surface area contributed by atoms with Gasteiger partial charge in [-0.3, -0.25) is 15.1 Å². The van der Waals surface area contributed by atoms with Crippen molar-refractivity contribution in [3.8, 4) is 0 Å². The highest BCUT2D eigenvalue weighted by atomic mass is 35.5. The molecule has 0 bridgehead atoms. The summed E-state index contributed by atoms with van der Waals surface area (Å²) in [6.07, 6.45) is -1.12. The molecule has 8 nitrogen and oxygen atoms in total. The lowest BCUT2D eigenvalue weighted by molar-refractivity contribution is -0.158. The molecular formula is C22H33ClN4O4. The van der Waals surface area contributed by atoms with E-state index in [-0.39, 0.29) is 18.2 Å². The van der Waals surface area contributed by atoms with E-state index in [1.54, 1.807) is 0 Å². The van der Waals surface area contributed by atoms with Crippen molar-refractivity contribution >= 4 is 11.6 Å². The van der Waals surface area contributed by atoms with Gasteiger partial charge >= 0.3 is 0 Å². The first-order chi connectivity index (χ1) is 15.0. The SMILES string of the molecule is CCCN1CNC(N)C2CCN(C3O[C@H]([C@@H]4OCCc5c(Cl)cccc54)[C@@H](O)[C@H]3O)C21. The van der Waals surface area contributed by atoms with Gasteiger partial charge in [-0.05, 0) is 36.5 Å². The summed E-state index contributed by atoms with van der Waals surface area (Å²) in [7, 11) is 0. The molecule has 31 heavy (non-hydrogen) atoms. The Morgan fingerprint density at radius 2 is 2.13 bits per heavy atom. The second-order valence-electron chi connectivity index (χ2n) is 9.13. The van der Waals surface area contributed by atoms with Crippen LogP contribution in [0.4, 0.5) is 0 Å². The lowest BCUT2D eigenvalue weighted by atomic mass is 9.92. The Morgan fingerprint density at radius 1 is 1.29 bits per heavy atom. The third kappa shape index (κ3) is 3.72. The number of benzene rings is 1. The molecule has 0 aromatic heterocycles. The molecule has 0 aliphatic carbocycles. The van der Waals surface area contributed by atoms with Crippen LogP contribution in [0.1, 0.15) is 37.0 Å². The summed E-state index contributed by atoms with van der Waals surface area (Å²) >= 11 is 6.41. The van der Waals surface area contributed by atoms with Gasteiger partial charge in [0.25, 0.3) is 0 Å². The molecule has 0 saturated carbocycles. The van der Waals surface area contributed by atoms with Crippen LogP contribution in [0.2, 0.25) is 5.02 Å². The van der Waals surface area contributed by atoms with Crippen LogP contribution in [0.25, 0.3) is 0 Å². The number of nitrogens with zero attached hydrogens (tertiary/aromatic N) is 2. The quantitative estimate of drug-likeness (QED) is 0.527. The van der Waals surface area contributed by atoms with E-state index in [0.717, 1.165) is 43.5 Å². The van der Waals surface area contributed by atoms with Gasteiger partial charge in [0.2, 0.25) is 0 Å². The maximum atomic E-state index is 11.0. The van der Waals surface area contributed by atoms with Crippen LogP contribution in [0, 0.1) is 5.92 Å². The Labute approximate surface area is 188 Å². The normalized spacial score (nSPS) is 41.3. The van der Waals surface area contributed by atoms with Gasteiger partial charge in [-0.25, -0.2) is 0 Å². The van der Waals surface area contributed by atoms with Crippen molar-refractivity contribution in [2.45, 2.75) is 69.2 Å². The van der Waals surface area contributed by atoms with Crippen molar-refractivity contribution in [3.05, 3.63) is 34.3 Å².